The number of fused-ring (bicyclic) bond motifs is 1. The molecule has 3 heterocycles. The lowest BCUT2D eigenvalue weighted by Gasteiger charge is -2.36. The first-order valence-electron chi connectivity index (χ1n) is 7.93. The van der Waals surface area contributed by atoms with Gasteiger partial charge in [-0.15, -0.1) is 0 Å². The summed E-state index contributed by atoms with van der Waals surface area (Å²) in [5.41, 5.74) is 0.613. The number of methoxy groups -OCH3 is 1. The number of furan rings is 1. The molecule has 0 bridgehead atoms. The second-order valence-corrected chi connectivity index (χ2v) is 6.18. The van der Waals surface area contributed by atoms with E-state index in [0.29, 0.717) is 37.6 Å². The van der Waals surface area contributed by atoms with Crippen LogP contribution < -0.4 is 5.32 Å². The molecule has 126 valence electrons. The second kappa shape index (κ2) is 6.23. The number of hydrogen-bond donors (Lipinski definition) is 1. The van der Waals surface area contributed by atoms with E-state index in [-0.39, 0.29) is 24.0 Å². The number of aryl methyl sites for hydroxylation is 2. The maximum absolute atomic E-state index is 12.7. The summed E-state index contributed by atoms with van der Waals surface area (Å²) < 4.78 is 10.5. The molecule has 7 nitrogen and oxygen atoms in total. The molecule has 0 radical (unpaired) electrons. The molecule has 23 heavy (non-hydrogen) atoms. The van der Waals surface area contributed by atoms with Crippen LogP contribution in [0.1, 0.15) is 28.3 Å². The number of ether oxygens (including phenoxy) is 1. The Hall–Kier alpha value is -2.02. The first-order chi connectivity index (χ1) is 11.0. The van der Waals surface area contributed by atoms with Gasteiger partial charge in [-0.3, -0.25) is 4.79 Å². The van der Waals surface area contributed by atoms with Gasteiger partial charge in [-0.05, 0) is 26.3 Å². The zero-order chi connectivity index (χ0) is 16.6. The highest BCUT2D eigenvalue weighted by Gasteiger charge is 2.43. The molecule has 0 saturated carbocycles. The second-order valence-electron chi connectivity index (χ2n) is 6.18. The molecule has 2 aliphatic heterocycles. The molecule has 3 rings (SSSR count). The largest absolute Gasteiger partial charge is 0.466 e. The summed E-state index contributed by atoms with van der Waals surface area (Å²) in [6.45, 7) is 5.91. The van der Waals surface area contributed by atoms with E-state index in [1.165, 1.54) is 0 Å². The van der Waals surface area contributed by atoms with Crippen LogP contribution in [-0.4, -0.2) is 67.2 Å². The Morgan fingerprint density at radius 2 is 2.26 bits per heavy atom. The highest BCUT2D eigenvalue weighted by molar-refractivity contribution is 5.95. The predicted octanol–water partition coefficient (Wildman–Crippen LogP) is 1.15. The number of rotatable bonds is 4. The maximum atomic E-state index is 12.7. The van der Waals surface area contributed by atoms with E-state index in [1.54, 1.807) is 25.0 Å². The van der Waals surface area contributed by atoms with Gasteiger partial charge >= 0.3 is 6.03 Å². The van der Waals surface area contributed by atoms with Crippen molar-refractivity contribution in [1.29, 1.82) is 0 Å². The van der Waals surface area contributed by atoms with Crippen molar-refractivity contribution in [2.75, 3.05) is 33.4 Å². The quantitative estimate of drug-likeness (QED) is 0.903. The average molecular weight is 321 g/mol. The molecule has 7 heteroatoms. The molecule has 2 saturated heterocycles. The molecule has 0 aliphatic carbocycles. The first-order valence-corrected chi connectivity index (χ1v) is 7.93. The lowest BCUT2D eigenvalue weighted by Crippen LogP contribution is -2.53. The minimum atomic E-state index is -0.0679. The third kappa shape index (κ3) is 2.93. The van der Waals surface area contributed by atoms with E-state index in [2.05, 4.69) is 5.32 Å². The molecule has 2 aliphatic rings. The van der Waals surface area contributed by atoms with E-state index in [4.69, 9.17) is 9.15 Å². The van der Waals surface area contributed by atoms with Crippen LogP contribution in [0.5, 0.6) is 0 Å². The van der Waals surface area contributed by atoms with Gasteiger partial charge in [-0.25, -0.2) is 4.79 Å². The number of nitrogens with one attached hydrogen (secondary N) is 1. The summed E-state index contributed by atoms with van der Waals surface area (Å²) >= 11 is 0. The van der Waals surface area contributed by atoms with Gasteiger partial charge in [-0.2, -0.15) is 0 Å². The van der Waals surface area contributed by atoms with Crippen molar-refractivity contribution in [2.45, 2.75) is 32.4 Å². The SMILES string of the molecule is COCCN1C(=O)N[C@@H]2CN(C(=O)c3cc(C)oc3C)CC[C@@H]21. The van der Waals surface area contributed by atoms with Gasteiger partial charge < -0.3 is 24.3 Å². The van der Waals surface area contributed by atoms with Crippen molar-refractivity contribution in [2.24, 2.45) is 0 Å². The van der Waals surface area contributed by atoms with Crippen molar-refractivity contribution >= 4 is 11.9 Å². The summed E-state index contributed by atoms with van der Waals surface area (Å²) in [6, 6.07) is 1.82. The fourth-order valence-electron chi connectivity index (χ4n) is 3.50. The van der Waals surface area contributed by atoms with Crippen LogP contribution in [-0.2, 0) is 4.74 Å². The highest BCUT2D eigenvalue weighted by atomic mass is 16.5. The summed E-state index contributed by atoms with van der Waals surface area (Å²) in [6.07, 6.45) is 0.773. The van der Waals surface area contributed by atoms with E-state index in [1.807, 2.05) is 11.8 Å². The normalized spacial score (nSPS) is 23.9. The average Bonchev–Trinajstić information content (AvgIpc) is 3.02. The number of urea groups is 1. The first kappa shape index (κ1) is 15.9. The number of carbonyl (C=O) groups excluding carboxylic acids is 2. The number of nitrogens with zero attached hydrogens (tertiary/aromatic N) is 2. The standard InChI is InChI=1S/C16H23N3O4/c1-10-8-12(11(2)23-10)15(20)18-5-4-14-13(9-18)17-16(21)19(14)6-7-22-3/h8,13-14H,4-7,9H2,1-3H3,(H,17,21)/t13-,14+/m1/s1. The van der Waals surface area contributed by atoms with E-state index < -0.39 is 0 Å². The molecule has 0 aromatic carbocycles. The molecular weight excluding hydrogens is 298 g/mol. The monoisotopic (exact) mass is 321 g/mol. The fraction of sp³-hybridized carbons (Fsp3) is 0.625. The number of hydrogen-bond acceptors (Lipinski definition) is 4. The number of likely N-dealkylation sites (tertiary alicyclic amines) is 1. The van der Waals surface area contributed by atoms with Crippen LogP contribution in [0.15, 0.2) is 10.5 Å². The Morgan fingerprint density at radius 1 is 1.48 bits per heavy atom. The van der Waals surface area contributed by atoms with E-state index >= 15 is 0 Å². The Kier molecular flexibility index (Phi) is 4.30. The van der Waals surface area contributed by atoms with Crippen LogP contribution in [0, 0.1) is 13.8 Å². The van der Waals surface area contributed by atoms with Crippen LogP contribution >= 0.6 is 0 Å². The topological polar surface area (TPSA) is 75.0 Å². The minimum Gasteiger partial charge on any atom is -0.466 e. The smallest absolute Gasteiger partial charge is 0.318 e. The molecule has 1 N–H and O–H groups in total. The molecule has 0 spiro atoms. The third-order valence-electron chi connectivity index (χ3n) is 4.64. The van der Waals surface area contributed by atoms with E-state index in [0.717, 1.165) is 12.2 Å². The van der Waals surface area contributed by atoms with Crippen LogP contribution in [0.25, 0.3) is 0 Å². The van der Waals surface area contributed by atoms with Crippen molar-refractivity contribution in [3.05, 3.63) is 23.2 Å². The van der Waals surface area contributed by atoms with Gasteiger partial charge in [0.2, 0.25) is 0 Å². The molecule has 0 unspecified atom stereocenters. The highest BCUT2D eigenvalue weighted by Crippen LogP contribution is 2.25. The van der Waals surface area contributed by atoms with Gasteiger partial charge in [0, 0.05) is 26.7 Å². The van der Waals surface area contributed by atoms with E-state index in [9.17, 15) is 9.59 Å². The van der Waals surface area contributed by atoms with Crippen LogP contribution in [0.3, 0.4) is 0 Å². The predicted molar refractivity (Wildman–Crippen MR) is 83.4 cm³/mol. The Bertz CT molecular complexity index is 612. The minimum absolute atomic E-state index is 0.0228. The maximum Gasteiger partial charge on any atom is 0.318 e. The number of piperidine rings is 1. The van der Waals surface area contributed by atoms with Gasteiger partial charge in [0.05, 0.1) is 24.3 Å². The van der Waals surface area contributed by atoms with Crippen molar-refractivity contribution in [3.63, 3.8) is 0 Å². The lowest BCUT2D eigenvalue weighted by atomic mass is 9.99. The van der Waals surface area contributed by atoms with Crippen molar-refractivity contribution in [3.8, 4) is 0 Å². The zero-order valence-electron chi connectivity index (χ0n) is 13.8. The van der Waals surface area contributed by atoms with Gasteiger partial charge in [-0.1, -0.05) is 0 Å². The molecule has 1 aromatic rings. The number of amides is 3. The Labute approximate surface area is 135 Å². The van der Waals surface area contributed by atoms with Gasteiger partial charge in [0.15, 0.2) is 0 Å². The zero-order valence-corrected chi connectivity index (χ0v) is 13.8. The third-order valence-corrected chi connectivity index (χ3v) is 4.64. The summed E-state index contributed by atoms with van der Waals surface area (Å²) in [4.78, 5) is 28.4. The Morgan fingerprint density at radius 3 is 2.91 bits per heavy atom. The van der Waals surface area contributed by atoms with Crippen molar-refractivity contribution < 1.29 is 18.7 Å². The fourth-order valence-corrected chi connectivity index (χ4v) is 3.50. The molecule has 3 amide bonds. The molecule has 2 atom stereocenters. The molecule has 1 aromatic heterocycles. The van der Waals surface area contributed by atoms with Crippen molar-refractivity contribution in [1.82, 2.24) is 15.1 Å². The summed E-state index contributed by atoms with van der Waals surface area (Å²) in [7, 11) is 1.63. The van der Waals surface area contributed by atoms with Crippen LogP contribution in [0.4, 0.5) is 4.79 Å². The van der Waals surface area contributed by atoms with Gasteiger partial charge in [0.25, 0.3) is 5.91 Å². The van der Waals surface area contributed by atoms with Gasteiger partial charge in [0.1, 0.15) is 11.5 Å². The summed E-state index contributed by atoms with van der Waals surface area (Å²) in [5, 5.41) is 2.99. The molecule has 2 fully saturated rings. The number of carbonyl (C=O) groups is 2. The van der Waals surface area contributed by atoms with Crippen LogP contribution in [0.2, 0.25) is 0 Å². The Balaban J connectivity index is 1.68. The lowest BCUT2D eigenvalue weighted by molar-refractivity contribution is 0.0640. The molecular formula is C16H23N3O4. The summed E-state index contributed by atoms with van der Waals surface area (Å²) in [5.74, 6) is 1.36.